The minimum absolute atomic E-state index is 0.241. The van der Waals surface area contributed by atoms with Crippen LogP contribution in [0.3, 0.4) is 0 Å². The lowest BCUT2D eigenvalue weighted by atomic mass is 9.96. The molecule has 0 spiro atoms. The van der Waals surface area contributed by atoms with Crippen molar-refractivity contribution >= 4 is 21.9 Å². The van der Waals surface area contributed by atoms with Gasteiger partial charge in [0.25, 0.3) is 0 Å². The number of ether oxygens (including phenoxy) is 8. The van der Waals surface area contributed by atoms with E-state index in [1.165, 1.54) is 69.0 Å². The highest BCUT2D eigenvalue weighted by Gasteiger charge is 2.24. The summed E-state index contributed by atoms with van der Waals surface area (Å²) in [5, 5.41) is 0.535. The Hall–Kier alpha value is -6.30. The van der Waals surface area contributed by atoms with Crippen molar-refractivity contribution < 1.29 is 46.7 Å². The second-order valence-electron chi connectivity index (χ2n) is 10.9. The van der Waals surface area contributed by atoms with Crippen molar-refractivity contribution in [2.24, 2.45) is 0 Å². The van der Waals surface area contributed by atoms with Gasteiger partial charge in [-0.05, 0) is 24.3 Å². The molecule has 12 nitrogen and oxygen atoms in total. The second-order valence-corrected chi connectivity index (χ2v) is 10.9. The van der Waals surface area contributed by atoms with Crippen LogP contribution in [-0.4, -0.2) is 56.9 Å². The van der Waals surface area contributed by atoms with Crippen molar-refractivity contribution in [3.63, 3.8) is 0 Å². The van der Waals surface area contributed by atoms with Gasteiger partial charge in [0.1, 0.15) is 56.5 Å². The standard InChI is InChI=1S/C38H34O12/c1-41-21-13-29(43-3)35-25(39)17-27(49-31(35)15-21)19-9-23(37(47-7)33(11-19)45-5)24-10-20(12-34(46-6)38(24)48-8)28-18-26(40)36-30(44-4)14-22(42-2)16-32(36)50-28/h9-18H,1-8H3. The number of rotatable bonds is 11. The Balaban J connectivity index is 1.62. The van der Waals surface area contributed by atoms with E-state index in [1.54, 1.807) is 48.5 Å². The fourth-order valence-electron chi connectivity index (χ4n) is 5.91. The van der Waals surface area contributed by atoms with E-state index in [9.17, 15) is 9.59 Å². The van der Waals surface area contributed by atoms with E-state index in [-0.39, 0.29) is 44.3 Å². The summed E-state index contributed by atoms with van der Waals surface area (Å²) in [6.45, 7) is 0. The van der Waals surface area contributed by atoms with Crippen LogP contribution in [0.5, 0.6) is 46.0 Å². The molecule has 6 aromatic rings. The maximum absolute atomic E-state index is 13.4. The number of hydrogen-bond acceptors (Lipinski definition) is 12. The fourth-order valence-corrected chi connectivity index (χ4v) is 5.91. The third-order valence-electron chi connectivity index (χ3n) is 8.26. The summed E-state index contributed by atoms with van der Waals surface area (Å²) < 4.78 is 57.5. The summed E-state index contributed by atoms with van der Waals surface area (Å²) in [5.74, 6) is 3.42. The third kappa shape index (κ3) is 5.74. The Bertz CT molecular complexity index is 2200. The highest BCUT2D eigenvalue weighted by Crippen LogP contribution is 2.49. The highest BCUT2D eigenvalue weighted by atomic mass is 16.5. The lowest BCUT2D eigenvalue weighted by Gasteiger charge is -2.19. The zero-order chi connectivity index (χ0) is 35.7. The Kier molecular flexibility index (Phi) is 9.18. The van der Waals surface area contributed by atoms with Crippen LogP contribution in [0.2, 0.25) is 0 Å². The van der Waals surface area contributed by atoms with Gasteiger partial charge in [-0.1, -0.05) is 0 Å². The van der Waals surface area contributed by atoms with Gasteiger partial charge < -0.3 is 46.7 Å². The molecule has 0 amide bonds. The molecule has 0 aliphatic rings. The van der Waals surface area contributed by atoms with Crippen molar-refractivity contribution in [3.8, 4) is 79.8 Å². The van der Waals surface area contributed by atoms with Gasteiger partial charge >= 0.3 is 0 Å². The molecule has 0 radical (unpaired) electrons. The van der Waals surface area contributed by atoms with Crippen molar-refractivity contribution in [3.05, 3.63) is 81.1 Å². The molecular weight excluding hydrogens is 648 g/mol. The van der Waals surface area contributed by atoms with E-state index in [4.69, 9.17) is 46.7 Å². The zero-order valence-corrected chi connectivity index (χ0v) is 28.7. The van der Waals surface area contributed by atoms with Gasteiger partial charge in [-0.25, -0.2) is 0 Å². The number of hydrogen-bond donors (Lipinski definition) is 0. The van der Waals surface area contributed by atoms with Crippen LogP contribution in [0.25, 0.3) is 55.7 Å². The molecule has 50 heavy (non-hydrogen) atoms. The average Bonchev–Trinajstić information content (AvgIpc) is 3.15. The van der Waals surface area contributed by atoms with Crippen LogP contribution in [-0.2, 0) is 0 Å². The van der Waals surface area contributed by atoms with E-state index in [1.807, 2.05) is 0 Å². The average molecular weight is 683 g/mol. The first-order chi connectivity index (χ1) is 24.2. The smallest absolute Gasteiger partial charge is 0.197 e. The molecular formula is C38H34O12. The van der Waals surface area contributed by atoms with E-state index < -0.39 is 0 Å². The van der Waals surface area contributed by atoms with Gasteiger partial charge in [0.2, 0.25) is 0 Å². The normalized spacial score (nSPS) is 11.0. The van der Waals surface area contributed by atoms with Gasteiger partial charge in [-0.2, -0.15) is 0 Å². The molecule has 0 unspecified atom stereocenters. The minimum atomic E-state index is -0.321. The molecule has 12 heteroatoms. The van der Waals surface area contributed by atoms with E-state index in [0.717, 1.165) is 0 Å². The number of fused-ring (bicyclic) bond motifs is 2. The van der Waals surface area contributed by atoms with Crippen molar-refractivity contribution in [2.75, 3.05) is 56.9 Å². The summed E-state index contributed by atoms with van der Waals surface area (Å²) in [4.78, 5) is 26.9. The molecule has 0 atom stereocenters. The fraction of sp³-hybridized carbons (Fsp3) is 0.211. The molecule has 6 rings (SSSR count). The number of methoxy groups -OCH3 is 8. The van der Waals surface area contributed by atoms with Crippen molar-refractivity contribution in [2.45, 2.75) is 0 Å². The van der Waals surface area contributed by atoms with Crippen LogP contribution < -0.4 is 48.8 Å². The Morgan fingerprint density at radius 2 is 0.780 bits per heavy atom. The Morgan fingerprint density at radius 1 is 0.400 bits per heavy atom. The van der Waals surface area contributed by atoms with Gasteiger partial charge in [0.05, 0.1) is 56.9 Å². The van der Waals surface area contributed by atoms with Crippen LogP contribution >= 0.6 is 0 Å². The number of benzene rings is 4. The van der Waals surface area contributed by atoms with Gasteiger partial charge in [-0.15, -0.1) is 0 Å². The van der Waals surface area contributed by atoms with Crippen LogP contribution in [0, 0.1) is 0 Å². The third-order valence-corrected chi connectivity index (χ3v) is 8.26. The van der Waals surface area contributed by atoms with Gasteiger partial charge in [0.15, 0.2) is 33.9 Å². The first-order valence-electron chi connectivity index (χ1n) is 15.1. The molecule has 2 aromatic heterocycles. The zero-order valence-electron chi connectivity index (χ0n) is 28.7. The van der Waals surface area contributed by atoms with Crippen molar-refractivity contribution in [1.29, 1.82) is 0 Å². The predicted molar refractivity (Wildman–Crippen MR) is 187 cm³/mol. The van der Waals surface area contributed by atoms with Crippen LogP contribution in [0.1, 0.15) is 0 Å². The molecule has 4 aromatic carbocycles. The molecule has 2 heterocycles. The Morgan fingerprint density at radius 3 is 1.10 bits per heavy atom. The van der Waals surface area contributed by atoms with E-state index >= 15 is 0 Å². The van der Waals surface area contributed by atoms with Gasteiger partial charge in [-0.3, -0.25) is 9.59 Å². The van der Waals surface area contributed by atoms with Crippen LogP contribution in [0.15, 0.2) is 79.1 Å². The SMILES string of the molecule is COc1cc(OC)c2c(=O)cc(-c3cc(OC)c(OC)c(-c4cc(-c5cc(=O)c6c(OC)cc(OC)cc6o5)cc(OC)c4OC)c3)oc2c1. The minimum Gasteiger partial charge on any atom is -0.496 e. The second kappa shape index (κ2) is 13.7. The first kappa shape index (κ1) is 33.6. The summed E-state index contributed by atoms with van der Waals surface area (Å²) in [5.41, 5.74) is 1.85. The molecule has 0 N–H and O–H groups in total. The largest absolute Gasteiger partial charge is 0.496 e. The van der Waals surface area contributed by atoms with Gasteiger partial charge in [0, 0.05) is 58.7 Å². The first-order valence-corrected chi connectivity index (χ1v) is 15.1. The molecule has 0 saturated carbocycles. The lowest BCUT2D eigenvalue weighted by molar-refractivity contribution is 0.352. The summed E-state index contributed by atoms with van der Waals surface area (Å²) in [6, 6.07) is 16.2. The quantitative estimate of drug-likeness (QED) is 0.140. The monoisotopic (exact) mass is 682 g/mol. The van der Waals surface area contributed by atoms with Crippen molar-refractivity contribution in [1.82, 2.24) is 0 Å². The maximum Gasteiger partial charge on any atom is 0.197 e. The molecule has 0 saturated heterocycles. The van der Waals surface area contributed by atoms with E-state index in [0.29, 0.717) is 68.2 Å². The topological polar surface area (TPSA) is 134 Å². The summed E-state index contributed by atoms with van der Waals surface area (Å²) in [6.07, 6.45) is 0. The highest BCUT2D eigenvalue weighted by molar-refractivity contribution is 5.91. The Labute approximate surface area is 286 Å². The molecule has 0 fully saturated rings. The molecule has 0 aliphatic carbocycles. The summed E-state index contributed by atoms with van der Waals surface area (Å²) in [7, 11) is 12.0. The molecule has 0 aliphatic heterocycles. The molecule has 258 valence electrons. The molecule has 0 bridgehead atoms. The predicted octanol–water partition coefficient (Wildman–Crippen LogP) is 6.97. The maximum atomic E-state index is 13.4. The summed E-state index contributed by atoms with van der Waals surface area (Å²) >= 11 is 0. The van der Waals surface area contributed by atoms with E-state index in [2.05, 4.69) is 0 Å². The lowest BCUT2D eigenvalue weighted by Crippen LogP contribution is -2.04. The van der Waals surface area contributed by atoms with Crippen LogP contribution in [0.4, 0.5) is 0 Å².